The molecule has 1 saturated heterocycles. The van der Waals surface area contributed by atoms with Gasteiger partial charge >= 0.3 is 0 Å². The lowest BCUT2D eigenvalue weighted by Crippen LogP contribution is -2.48. The van der Waals surface area contributed by atoms with Gasteiger partial charge in [-0.25, -0.2) is 16.8 Å². The standard InChI is InChI=1S/C17H29N3O6S2/c1-25-14-3-10-20(13-15-27(21,22)19-11-8-18-9-12-19)28(23,24)17-6-4-16(26-2)5-7-17/h4-7,18H,3,8-15H2,1-2H3. The van der Waals surface area contributed by atoms with Gasteiger partial charge in [0.2, 0.25) is 20.0 Å². The predicted molar refractivity (Wildman–Crippen MR) is 106 cm³/mol. The van der Waals surface area contributed by atoms with Crippen LogP contribution in [0.5, 0.6) is 5.75 Å². The average molecular weight is 436 g/mol. The van der Waals surface area contributed by atoms with Crippen molar-refractivity contribution in [2.24, 2.45) is 0 Å². The van der Waals surface area contributed by atoms with Gasteiger partial charge < -0.3 is 14.8 Å². The van der Waals surface area contributed by atoms with E-state index in [1.54, 1.807) is 12.1 Å². The fourth-order valence-electron chi connectivity index (χ4n) is 2.90. The molecule has 1 aliphatic rings. The van der Waals surface area contributed by atoms with Crippen LogP contribution in [0.3, 0.4) is 0 Å². The summed E-state index contributed by atoms with van der Waals surface area (Å²) in [6.07, 6.45) is 0.472. The van der Waals surface area contributed by atoms with Gasteiger partial charge in [0.15, 0.2) is 0 Å². The van der Waals surface area contributed by atoms with Crippen LogP contribution in [0.1, 0.15) is 6.42 Å². The van der Waals surface area contributed by atoms with Gasteiger partial charge in [-0.15, -0.1) is 0 Å². The first-order valence-corrected chi connectivity index (χ1v) is 12.2. The highest BCUT2D eigenvalue weighted by atomic mass is 32.2. The van der Waals surface area contributed by atoms with Crippen LogP contribution in [-0.4, -0.2) is 91.3 Å². The molecule has 0 radical (unpaired) electrons. The Labute approximate surface area is 167 Å². The Balaban J connectivity index is 2.15. The number of piperazine rings is 1. The van der Waals surface area contributed by atoms with Gasteiger partial charge in [-0.2, -0.15) is 8.61 Å². The number of hydrogen-bond acceptors (Lipinski definition) is 7. The van der Waals surface area contributed by atoms with Gasteiger partial charge in [-0.3, -0.25) is 0 Å². The summed E-state index contributed by atoms with van der Waals surface area (Å²) in [5.41, 5.74) is 0. The molecule has 0 unspecified atom stereocenters. The lowest BCUT2D eigenvalue weighted by Gasteiger charge is -2.28. The summed E-state index contributed by atoms with van der Waals surface area (Å²) in [5.74, 6) is 0.293. The molecule has 0 spiro atoms. The van der Waals surface area contributed by atoms with E-state index in [0.717, 1.165) is 0 Å². The Bertz CT molecular complexity index is 806. The first-order valence-electron chi connectivity index (χ1n) is 9.13. The summed E-state index contributed by atoms with van der Waals surface area (Å²) in [7, 11) is -4.32. The second kappa shape index (κ2) is 10.5. The fraction of sp³-hybridized carbons (Fsp3) is 0.647. The second-order valence-corrected chi connectivity index (χ2v) is 10.4. The number of nitrogens with zero attached hydrogens (tertiary/aromatic N) is 2. The van der Waals surface area contributed by atoms with Crippen molar-refractivity contribution in [3.05, 3.63) is 24.3 Å². The topological polar surface area (TPSA) is 105 Å². The Morgan fingerprint density at radius 3 is 2.25 bits per heavy atom. The maximum atomic E-state index is 13.0. The molecule has 0 aliphatic carbocycles. The normalized spacial score (nSPS) is 16.4. The summed E-state index contributed by atoms with van der Waals surface area (Å²) < 4.78 is 64.0. The summed E-state index contributed by atoms with van der Waals surface area (Å²) in [4.78, 5) is 0.102. The van der Waals surface area contributed by atoms with Crippen molar-refractivity contribution < 1.29 is 26.3 Å². The lowest BCUT2D eigenvalue weighted by molar-refractivity contribution is 0.188. The molecule has 1 heterocycles. The molecule has 1 fully saturated rings. The van der Waals surface area contributed by atoms with Crippen LogP contribution in [0.2, 0.25) is 0 Å². The predicted octanol–water partition coefficient (Wildman–Crippen LogP) is -0.0426. The van der Waals surface area contributed by atoms with E-state index < -0.39 is 20.0 Å². The molecule has 28 heavy (non-hydrogen) atoms. The third-order valence-corrected chi connectivity index (χ3v) is 8.28. The van der Waals surface area contributed by atoms with E-state index in [9.17, 15) is 16.8 Å². The van der Waals surface area contributed by atoms with Crippen molar-refractivity contribution in [2.45, 2.75) is 11.3 Å². The van der Waals surface area contributed by atoms with Gasteiger partial charge in [-0.05, 0) is 30.7 Å². The van der Waals surface area contributed by atoms with E-state index in [1.807, 2.05) is 0 Å². The Kier molecular flexibility index (Phi) is 8.65. The van der Waals surface area contributed by atoms with E-state index in [1.165, 1.54) is 35.0 Å². The molecule has 1 aromatic rings. The number of ether oxygens (including phenoxy) is 2. The molecule has 2 rings (SSSR count). The fourth-order valence-corrected chi connectivity index (χ4v) is 5.95. The van der Waals surface area contributed by atoms with Gasteiger partial charge in [-0.1, -0.05) is 0 Å². The van der Waals surface area contributed by atoms with Crippen LogP contribution in [-0.2, 0) is 24.8 Å². The SMILES string of the molecule is COCCCN(CCS(=O)(=O)N1CCNCC1)S(=O)(=O)c1ccc(OC)cc1. The van der Waals surface area contributed by atoms with Crippen molar-refractivity contribution in [1.82, 2.24) is 13.9 Å². The van der Waals surface area contributed by atoms with E-state index in [2.05, 4.69) is 5.32 Å². The number of sulfonamides is 2. The number of nitrogens with one attached hydrogen (secondary N) is 1. The Morgan fingerprint density at radius 1 is 1.04 bits per heavy atom. The van der Waals surface area contributed by atoms with Crippen molar-refractivity contribution >= 4 is 20.0 Å². The molecule has 1 aromatic carbocycles. The maximum Gasteiger partial charge on any atom is 0.243 e. The van der Waals surface area contributed by atoms with Crippen LogP contribution in [0.4, 0.5) is 0 Å². The Morgan fingerprint density at radius 2 is 1.68 bits per heavy atom. The molecule has 0 amide bonds. The molecule has 0 bridgehead atoms. The van der Waals surface area contributed by atoms with Crippen molar-refractivity contribution in [2.75, 3.05) is 65.8 Å². The van der Waals surface area contributed by atoms with Crippen LogP contribution in [0, 0.1) is 0 Å². The molecule has 0 aromatic heterocycles. The van der Waals surface area contributed by atoms with Crippen LogP contribution in [0.25, 0.3) is 0 Å². The number of methoxy groups -OCH3 is 2. The van der Waals surface area contributed by atoms with E-state index in [0.29, 0.717) is 45.0 Å². The van der Waals surface area contributed by atoms with Gasteiger partial charge in [0.25, 0.3) is 0 Å². The molecule has 1 N–H and O–H groups in total. The molecule has 0 atom stereocenters. The summed E-state index contributed by atoms with van der Waals surface area (Å²) in [6.45, 7) is 2.46. The van der Waals surface area contributed by atoms with Crippen molar-refractivity contribution in [1.29, 1.82) is 0 Å². The monoisotopic (exact) mass is 435 g/mol. The summed E-state index contributed by atoms with van der Waals surface area (Å²) in [5, 5.41) is 3.10. The van der Waals surface area contributed by atoms with Crippen molar-refractivity contribution in [3.8, 4) is 5.75 Å². The highest BCUT2D eigenvalue weighted by molar-refractivity contribution is 7.90. The third-order valence-electron chi connectivity index (χ3n) is 4.52. The lowest BCUT2D eigenvalue weighted by atomic mass is 10.3. The third kappa shape index (κ3) is 6.13. The van der Waals surface area contributed by atoms with Crippen molar-refractivity contribution in [3.63, 3.8) is 0 Å². The first-order chi connectivity index (χ1) is 13.3. The summed E-state index contributed by atoms with van der Waals surface area (Å²) in [6, 6.07) is 6.06. The molecule has 0 saturated carbocycles. The molecular weight excluding hydrogens is 406 g/mol. The maximum absolute atomic E-state index is 13.0. The quantitative estimate of drug-likeness (QED) is 0.486. The molecule has 160 valence electrons. The van der Waals surface area contributed by atoms with E-state index >= 15 is 0 Å². The highest BCUT2D eigenvalue weighted by Gasteiger charge is 2.29. The minimum absolute atomic E-state index is 0.102. The zero-order chi connectivity index (χ0) is 20.6. The number of hydrogen-bond donors (Lipinski definition) is 1. The van der Waals surface area contributed by atoms with Gasteiger partial charge in [0.1, 0.15) is 5.75 Å². The summed E-state index contributed by atoms with van der Waals surface area (Å²) >= 11 is 0. The van der Waals surface area contributed by atoms with Gasteiger partial charge in [0, 0.05) is 53.0 Å². The zero-order valence-electron chi connectivity index (χ0n) is 16.3. The molecule has 1 aliphatic heterocycles. The van der Waals surface area contributed by atoms with Crippen LogP contribution in [0.15, 0.2) is 29.2 Å². The Hall–Kier alpha value is -1.24. The highest BCUT2D eigenvalue weighted by Crippen LogP contribution is 2.20. The van der Waals surface area contributed by atoms with E-state index in [-0.39, 0.29) is 23.7 Å². The van der Waals surface area contributed by atoms with Crippen LogP contribution >= 0.6 is 0 Å². The second-order valence-electron chi connectivity index (χ2n) is 6.39. The molecule has 11 heteroatoms. The minimum atomic E-state index is -3.83. The minimum Gasteiger partial charge on any atom is -0.497 e. The van der Waals surface area contributed by atoms with E-state index in [4.69, 9.17) is 9.47 Å². The number of rotatable bonds is 11. The number of benzene rings is 1. The average Bonchev–Trinajstić information content (AvgIpc) is 2.71. The van der Waals surface area contributed by atoms with Crippen LogP contribution < -0.4 is 10.1 Å². The molecular formula is C17H29N3O6S2. The smallest absolute Gasteiger partial charge is 0.243 e. The van der Waals surface area contributed by atoms with Gasteiger partial charge in [0.05, 0.1) is 17.8 Å². The largest absolute Gasteiger partial charge is 0.497 e. The molecule has 9 nitrogen and oxygen atoms in total. The first kappa shape index (κ1) is 23.0. The zero-order valence-corrected chi connectivity index (χ0v) is 18.0.